The van der Waals surface area contributed by atoms with E-state index < -0.39 is 6.10 Å². The highest BCUT2D eigenvalue weighted by atomic mass is 32.2. The van der Waals surface area contributed by atoms with Crippen LogP contribution in [0.1, 0.15) is 18.9 Å². The Morgan fingerprint density at radius 1 is 0.875 bits per heavy atom. The fourth-order valence-electron chi connectivity index (χ4n) is 3.19. The maximum atomic E-state index is 13.1. The van der Waals surface area contributed by atoms with Gasteiger partial charge in [0.25, 0.3) is 11.1 Å². The lowest BCUT2D eigenvalue weighted by molar-refractivity contribution is 0.181. The number of fused-ring (bicyclic) bond motifs is 1. The summed E-state index contributed by atoms with van der Waals surface area (Å²) < 4.78 is 24.6. The molecule has 0 unspecified atom stereocenters. The van der Waals surface area contributed by atoms with Gasteiger partial charge < -0.3 is 9.15 Å². The molecule has 2 heterocycles. The monoisotopic (exact) mass is 444 g/mol. The zero-order valence-electron chi connectivity index (χ0n) is 17.0. The third kappa shape index (κ3) is 4.31. The molecule has 0 aliphatic carbocycles. The van der Waals surface area contributed by atoms with E-state index in [9.17, 15) is 4.39 Å². The number of nitrogens with zero attached hydrogens (tertiary/aromatic N) is 4. The van der Waals surface area contributed by atoms with Gasteiger partial charge in [-0.15, -0.1) is 10.2 Å². The number of rotatable bonds is 6. The average Bonchev–Trinajstić information content (AvgIpc) is 3.29. The second-order valence-electron chi connectivity index (χ2n) is 6.96. The molecule has 6 nitrogen and oxygen atoms in total. The summed E-state index contributed by atoms with van der Waals surface area (Å²) in [5, 5.41) is 9.96. The molecule has 5 aromatic rings. The molecule has 0 aliphatic heterocycles. The molecule has 0 saturated carbocycles. The summed E-state index contributed by atoms with van der Waals surface area (Å²) in [6, 6.07) is 23.6. The van der Waals surface area contributed by atoms with Crippen LogP contribution in [0, 0.1) is 5.82 Å². The fourth-order valence-corrected chi connectivity index (χ4v) is 3.83. The minimum atomic E-state index is -0.500. The van der Waals surface area contributed by atoms with Crippen LogP contribution in [0.2, 0.25) is 0 Å². The predicted molar refractivity (Wildman–Crippen MR) is 119 cm³/mol. The molecule has 0 radical (unpaired) electrons. The number of aromatic nitrogens is 4. The minimum Gasteiger partial charge on any atom is -0.481 e. The van der Waals surface area contributed by atoms with Crippen LogP contribution in [0.25, 0.3) is 22.2 Å². The molecule has 0 aliphatic rings. The van der Waals surface area contributed by atoms with Gasteiger partial charge >= 0.3 is 0 Å². The molecule has 0 saturated heterocycles. The third-order valence-electron chi connectivity index (χ3n) is 4.70. The van der Waals surface area contributed by atoms with Crippen molar-refractivity contribution < 1.29 is 13.5 Å². The van der Waals surface area contributed by atoms with Crippen molar-refractivity contribution in [1.82, 2.24) is 20.2 Å². The summed E-state index contributed by atoms with van der Waals surface area (Å²) >= 11 is 1.19. The Balaban J connectivity index is 1.40. The van der Waals surface area contributed by atoms with E-state index in [-0.39, 0.29) is 5.82 Å². The van der Waals surface area contributed by atoms with Crippen molar-refractivity contribution in [3.8, 4) is 17.0 Å². The molecule has 0 amide bonds. The van der Waals surface area contributed by atoms with Crippen LogP contribution in [-0.4, -0.2) is 20.2 Å². The Morgan fingerprint density at radius 2 is 1.62 bits per heavy atom. The number of ether oxygens (including phenoxy) is 1. The lowest BCUT2D eigenvalue weighted by Crippen LogP contribution is -2.03. The molecular formula is C24H17FN4O2S. The molecule has 32 heavy (non-hydrogen) atoms. The van der Waals surface area contributed by atoms with Crippen LogP contribution in [0.15, 0.2) is 93.7 Å². The quantitative estimate of drug-likeness (QED) is 0.293. The maximum Gasteiger partial charge on any atom is 0.284 e. The smallest absolute Gasteiger partial charge is 0.284 e. The summed E-state index contributed by atoms with van der Waals surface area (Å²) in [6.07, 6.45) is -0.500. The maximum absolute atomic E-state index is 13.1. The van der Waals surface area contributed by atoms with Gasteiger partial charge in [0.05, 0.1) is 11.2 Å². The largest absolute Gasteiger partial charge is 0.481 e. The van der Waals surface area contributed by atoms with Crippen LogP contribution < -0.4 is 4.74 Å². The van der Waals surface area contributed by atoms with E-state index in [1.54, 1.807) is 19.1 Å². The fraction of sp³-hybridized carbons (Fsp3) is 0.0833. The zero-order chi connectivity index (χ0) is 21.9. The summed E-state index contributed by atoms with van der Waals surface area (Å²) in [5.41, 5.74) is 2.67. The Bertz CT molecular complexity index is 1360. The molecule has 0 fully saturated rings. The highest BCUT2D eigenvalue weighted by molar-refractivity contribution is 7.98. The lowest BCUT2D eigenvalue weighted by Gasteiger charge is -2.10. The van der Waals surface area contributed by atoms with E-state index in [1.165, 1.54) is 23.9 Å². The normalized spacial score (nSPS) is 12.1. The minimum absolute atomic E-state index is 0.306. The van der Waals surface area contributed by atoms with Gasteiger partial charge in [-0.3, -0.25) is 0 Å². The first-order valence-corrected chi connectivity index (χ1v) is 10.7. The summed E-state index contributed by atoms with van der Waals surface area (Å²) in [7, 11) is 0. The second kappa shape index (κ2) is 8.76. The van der Waals surface area contributed by atoms with Crippen molar-refractivity contribution in [3.63, 3.8) is 0 Å². The van der Waals surface area contributed by atoms with Gasteiger partial charge in [-0.25, -0.2) is 14.4 Å². The number of benzene rings is 3. The molecule has 5 rings (SSSR count). The Hall–Kier alpha value is -3.78. The van der Waals surface area contributed by atoms with Crippen LogP contribution in [0.3, 0.4) is 0 Å². The van der Waals surface area contributed by atoms with Gasteiger partial charge in [0.15, 0.2) is 11.3 Å². The van der Waals surface area contributed by atoms with E-state index in [0.717, 1.165) is 22.2 Å². The Morgan fingerprint density at radius 3 is 2.44 bits per heavy atom. The number of hydrogen-bond acceptors (Lipinski definition) is 7. The SMILES string of the molecule is C[C@@H](Oc1ccc(F)cc1)c1nnc(Sc2nc(-c3ccccc3)c3ccccc3n2)o1. The lowest BCUT2D eigenvalue weighted by atomic mass is 10.1. The van der Waals surface area contributed by atoms with Crippen LogP contribution in [0.4, 0.5) is 4.39 Å². The van der Waals surface area contributed by atoms with Crippen LogP contribution >= 0.6 is 11.8 Å². The standard InChI is InChI=1S/C24H17FN4O2S/c1-15(30-18-13-11-17(25)12-14-18)22-28-29-24(31-22)32-23-26-20-10-6-5-9-19(20)21(27-23)16-7-3-2-4-8-16/h2-15H,1H3/t15-/m1/s1. The number of hydrogen-bond donors (Lipinski definition) is 0. The molecule has 0 bridgehead atoms. The molecule has 8 heteroatoms. The van der Waals surface area contributed by atoms with Gasteiger partial charge in [0, 0.05) is 22.7 Å². The van der Waals surface area contributed by atoms with Gasteiger partial charge in [-0.2, -0.15) is 0 Å². The van der Waals surface area contributed by atoms with E-state index in [1.807, 2.05) is 54.6 Å². The molecule has 1 atom stereocenters. The van der Waals surface area contributed by atoms with Crippen LogP contribution in [-0.2, 0) is 0 Å². The van der Waals surface area contributed by atoms with Crippen molar-refractivity contribution in [3.05, 3.63) is 90.6 Å². The van der Waals surface area contributed by atoms with E-state index >= 15 is 0 Å². The highest BCUT2D eigenvalue weighted by Gasteiger charge is 2.18. The third-order valence-corrected chi connectivity index (χ3v) is 5.41. The molecule has 158 valence electrons. The van der Waals surface area contributed by atoms with Gasteiger partial charge in [0.2, 0.25) is 0 Å². The molecule has 0 spiro atoms. The van der Waals surface area contributed by atoms with E-state index in [2.05, 4.69) is 15.2 Å². The van der Waals surface area contributed by atoms with Gasteiger partial charge in [-0.05, 0) is 37.3 Å². The first-order chi connectivity index (χ1) is 15.7. The van der Waals surface area contributed by atoms with Gasteiger partial charge in [0.1, 0.15) is 11.6 Å². The zero-order valence-corrected chi connectivity index (χ0v) is 17.8. The van der Waals surface area contributed by atoms with Crippen LogP contribution in [0.5, 0.6) is 5.75 Å². The topological polar surface area (TPSA) is 73.9 Å². The van der Waals surface area contributed by atoms with Crippen molar-refractivity contribution in [2.45, 2.75) is 23.4 Å². The Kier molecular flexibility index (Phi) is 5.51. The van der Waals surface area contributed by atoms with Crippen molar-refractivity contribution in [2.75, 3.05) is 0 Å². The molecule has 2 aromatic heterocycles. The average molecular weight is 444 g/mol. The van der Waals surface area contributed by atoms with Gasteiger partial charge in [-0.1, -0.05) is 48.5 Å². The Labute approximate surface area is 187 Å². The second-order valence-corrected chi connectivity index (χ2v) is 7.88. The van der Waals surface area contributed by atoms with Crippen molar-refractivity contribution in [2.24, 2.45) is 0 Å². The van der Waals surface area contributed by atoms with Crippen molar-refractivity contribution >= 4 is 22.7 Å². The van der Waals surface area contributed by atoms with E-state index in [4.69, 9.17) is 14.1 Å². The van der Waals surface area contributed by atoms with Crippen molar-refractivity contribution in [1.29, 1.82) is 0 Å². The first kappa shape index (κ1) is 20.1. The highest BCUT2D eigenvalue weighted by Crippen LogP contribution is 2.32. The summed E-state index contributed by atoms with van der Waals surface area (Å²) in [4.78, 5) is 9.40. The predicted octanol–water partition coefficient (Wildman–Crippen LogP) is 6.11. The number of para-hydroxylation sites is 1. The first-order valence-electron chi connectivity index (χ1n) is 9.91. The molecule has 3 aromatic carbocycles. The molecule has 0 N–H and O–H groups in total. The summed E-state index contributed by atoms with van der Waals surface area (Å²) in [6.45, 7) is 1.78. The van der Waals surface area contributed by atoms with E-state index in [0.29, 0.717) is 22.0 Å². The number of halogens is 1. The summed E-state index contributed by atoms with van der Waals surface area (Å²) in [5.74, 6) is 0.490. The molecular weight excluding hydrogens is 427 g/mol.